The molecule has 0 atom stereocenters. The molecule has 0 bridgehead atoms. The number of sulfonamides is 1. The quantitative estimate of drug-likeness (QED) is 0.923. The van der Waals surface area contributed by atoms with Gasteiger partial charge in [0.2, 0.25) is 10.0 Å². The maximum absolute atomic E-state index is 13.2. The SMILES string of the molecule is COc1ccc(F)cc1NS(=O)(=O)Cc1ccc(C)cc1. The number of hydrogen-bond acceptors (Lipinski definition) is 3. The van der Waals surface area contributed by atoms with E-state index < -0.39 is 15.8 Å². The second kappa shape index (κ2) is 6.13. The van der Waals surface area contributed by atoms with Crippen molar-refractivity contribution in [3.05, 3.63) is 59.4 Å². The molecule has 0 saturated heterocycles. The van der Waals surface area contributed by atoms with Gasteiger partial charge in [-0.25, -0.2) is 12.8 Å². The van der Waals surface area contributed by atoms with Crippen LogP contribution in [0, 0.1) is 12.7 Å². The Labute approximate surface area is 123 Å². The van der Waals surface area contributed by atoms with Crippen LogP contribution in [0.1, 0.15) is 11.1 Å². The summed E-state index contributed by atoms with van der Waals surface area (Å²) in [5.41, 5.74) is 1.80. The van der Waals surface area contributed by atoms with Crippen LogP contribution >= 0.6 is 0 Å². The summed E-state index contributed by atoms with van der Waals surface area (Å²) in [6.07, 6.45) is 0. The van der Waals surface area contributed by atoms with Crippen molar-refractivity contribution in [1.82, 2.24) is 0 Å². The molecule has 0 amide bonds. The minimum Gasteiger partial charge on any atom is -0.495 e. The summed E-state index contributed by atoms with van der Waals surface area (Å²) in [6, 6.07) is 10.8. The van der Waals surface area contributed by atoms with Gasteiger partial charge in [-0.3, -0.25) is 4.72 Å². The largest absolute Gasteiger partial charge is 0.495 e. The summed E-state index contributed by atoms with van der Waals surface area (Å²) in [7, 11) is -2.25. The average molecular weight is 309 g/mol. The lowest BCUT2D eigenvalue weighted by molar-refractivity contribution is 0.416. The summed E-state index contributed by atoms with van der Waals surface area (Å²) in [5, 5.41) is 0. The van der Waals surface area contributed by atoms with Gasteiger partial charge >= 0.3 is 0 Å². The predicted octanol–water partition coefficient (Wildman–Crippen LogP) is 3.08. The van der Waals surface area contributed by atoms with E-state index in [0.717, 1.165) is 11.6 Å². The van der Waals surface area contributed by atoms with Gasteiger partial charge in [0.15, 0.2) is 0 Å². The second-order valence-corrected chi connectivity index (χ2v) is 6.41. The van der Waals surface area contributed by atoms with E-state index in [1.165, 1.54) is 19.2 Å². The fraction of sp³-hybridized carbons (Fsp3) is 0.200. The Hall–Kier alpha value is -2.08. The van der Waals surface area contributed by atoms with E-state index >= 15 is 0 Å². The van der Waals surface area contributed by atoms with Crippen molar-refractivity contribution >= 4 is 15.7 Å². The molecule has 0 aliphatic rings. The number of nitrogens with one attached hydrogen (secondary N) is 1. The highest BCUT2D eigenvalue weighted by Gasteiger charge is 2.15. The summed E-state index contributed by atoms with van der Waals surface area (Å²) in [4.78, 5) is 0. The van der Waals surface area contributed by atoms with E-state index in [4.69, 9.17) is 4.74 Å². The molecule has 0 saturated carbocycles. The van der Waals surface area contributed by atoms with E-state index in [0.29, 0.717) is 5.56 Å². The lowest BCUT2D eigenvalue weighted by Crippen LogP contribution is -2.15. The number of halogens is 1. The summed E-state index contributed by atoms with van der Waals surface area (Å²) < 4.78 is 44.9. The third-order valence-electron chi connectivity index (χ3n) is 2.90. The molecule has 0 aliphatic heterocycles. The highest BCUT2D eigenvalue weighted by Crippen LogP contribution is 2.26. The fourth-order valence-electron chi connectivity index (χ4n) is 1.87. The molecule has 112 valence electrons. The van der Waals surface area contributed by atoms with Gasteiger partial charge in [-0.05, 0) is 24.6 Å². The van der Waals surface area contributed by atoms with E-state index in [1.807, 2.05) is 19.1 Å². The van der Waals surface area contributed by atoms with Crippen LogP contribution in [0.4, 0.5) is 10.1 Å². The third-order valence-corrected chi connectivity index (χ3v) is 4.15. The minimum absolute atomic E-state index is 0.0876. The van der Waals surface area contributed by atoms with Crippen LogP contribution in [0.2, 0.25) is 0 Å². The molecular formula is C15H16FNO3S. The van der Waals surface area contributed by atoms with Gasteiger partial charge in [-0.2, -0.15) is 0 Å². The molecule has 0 radical (unpaired) electrons. The second-order valence-electron chi connectivity index (χ2n) is 4.69. The first-order valence-corrected chi connectivity index (χ1v) is 7.94. The molecule has 1 N–H and O–H groups in total. The lowest BCUT2D eigenvalue weighted by Gasteiger charge is -2.12. The molecule has 0 aromatic heterocycles. The molecule has 2 rings (SSSR count). The highest BCUT2D eigenvalue weighted by atomic mass is 32.2. The van der Waals surface area contributed by atoms with E-state index in [1.54, 1.807) is 12.1 Å². The Morgan fingerprint density at radius 1 is 1.14 bits per heavy atom. The number of aryl methyl sites for hydroxylation is 1. The number of anilines is 1. The first-order chi connectivity index (χ1) is 9.89. The summed E-state index contributed by atoms with van der Waals surface area (Å²) >= 11 is 0. The lowest BCUT2D eigenvalue weighted by atomic mass is 10.2. The Kier molecular flexibility index (Phi) is 4.47. The van der Waals surface area contributed by atoms with Crippen molar-refractivity contribution in [3.63, 3.8) is 0 Å². The fourth-order valence-corrected chi connectivity index (χ4v) is 3.07. The van der Waals surface area contributed by atoms with Gasteiger partial charge in [0.25, 0.3) is 0 Å². The maximum Gasteiger partial charge on any atom is 0.237 e. The molecule has 0 heterocycles. The number of methoxy groups -OCH3 is 1. The molecule has 2 aromatic carbocycles. The average Bonchev–Trinajstić information content (AvgIpc) is 2.41. The zero-order chi connectivity index (χ0) is 15.5. The third kappa shape index (κ3) is 4.19. The Balaban J connectivity index is 2.21. The Morgan fingerprint density at radius 3 is 2.43 bits per heavy atom. The highest BCUT2D eigenvalue weighted by molar-refractivity contribution is 7.91. The van der Waals surface area contributed by atoms with Crippen LogP contribution in [-0.4, -0.2) is 15.5 Å². The zero-order valence-corrected chi connectivity index (χ0v) is 12.6. The Morgan fingerprint density at radius 2 is 1.81 bits per heavy atom. The minimum atomic E-state index is -3.65. The van der Waals surface area contributed by atoms with Gasteiger partial charge in [-0.15, -0.1) is 0 Å². The van der Waals surface area contributed by atoms with Crippen molar-refractivity contribution in [2.45, 2.75) is 12.7 Å². The molecule has 0 fully saturated rings. The van der Waals surface area contributed by atoms with Gasteiger partial charge in [0.1, 0.15) is 11.6 Å². The van der Waals surface area contributed by atoms with Gasteiger partial charge in [0.05, 0.1) is 18.6 Å². The monoisotopic (exact) mass is 309 g/mol. The molecular weight excluding hydrogens is 293 g/mol. The Bertz CT molecular complexity index is 727. The number of hydrogen-bond donors (Lipinski definition) is 1. The van der Waals surface area contributed by atoms with Gasteiger partial charge in [-0.1, -0.05) is 29.8 Å². The van der Waals surface area contributed by atoms with Crippen LogP contribution in [0.15, 0.2) is 42.5 Å². The van der Waals surface area contributed by atoms with Crippen molar-refractivity contribution in [3.8, 4) is 5.75 Å². The molecule has 6 heteroatoms. The predicted molar refractivity (Wildman–Crippen MR) is 80.4 cm³/mol. The van der Waals surface area contributed by atoms with Crippen LogP contribution in [0.5, 0.6) is 5.75 Å². The van der Waals surface area contributed by atoms with Crippen LogP contribution in [0.25, 0.3) is 0 Å². The molecule has 0 spiro atoms. The number of ether oxygens (including phenoxy) is 1. The summed E-state index contributed by atoms with van der Waals surface area (Å²) in [6.45, 7) is 1.92. The van der Waals surface area contributed by atoms with E-state index in [2.05, 4.69) is 4.72 Å². The van der Waals surface area contributed by atoms with Gasteiger partial charge in [0, 0.05) is 6.07 Å². The molecule has 2 aromatic rings. The zero-order valence-electron chi connectivity index (χ0n) is 11.8. The first-order valence-electron chi connectivity index (χ1n) is 6.29. The summed E-state index contributed by atoms with van der Waals surface area (Å²) in [5.74, 6) is -0.458. The van der Waals surface area contributed by atoms with Gasteiger partial charge < -0.3 is 4.74 Å². The smallest absolute Gasteiger partial charge is 0.237 e. The molecule has 0 aliphatic carbocycles. The topological polar surface area (TPSA) is 55.4 Å². The van der Waals surface area contributed by atoms with Crippen molar-refractivity contribution in [2.75, 3.05) is 11.8 Å². The standard InChI is InChI=1S/C15H16FNO3S/c1-11-3-5-12(6-4-11)10-21(18,19)17-14-9-13(16)7-8-15(14)20-2/h3-9,17H,10H2,1-2H3. The molecule has 21 heavy (non-hydrogen) atoms. The van der Waals surface area contributed by atoms with Crippen molar-refractivity contribution in [1.29, 1.82) is 0 Å². The van der Waals surface area contributed by atoms with Crippen molar-refractivity contribution < 1.29 is 17.5 Å². The van der Waals surface area contributed by atoms with E-state index in [-0.39, 0.29) is 17.2 Å². The van der Waals surface area contributed by atoms with Crippen LogP contribution in [0.3, 0.4) is 0 Å². The van der Waals surface area contributed by atoms with Crippen molar-refractivity contribution in [2.24, 2.45) is 0 Å². The molecule has 0 unspecified atom stereocenters. The van der Waals surface area contributed by atoms with Crippen LogP contribution in [-0.2, 0) is 15.8 Å². The first kappa shape index (κ1) is 15.3. The molecule has 4 nitrogen and oxygen atoms in total. The normalized spacial score (nSPS) is 11.2. The van der Waals surface area contributed by atoms with Crippen LogP contribution < -0.4 is 9.46 Å². The maximum atomic E-state index is 13.2. The number of benzene rings is 2. The number of rotatable bonds is 5. The van der Waals surface area contributed by atoms with E-state index in [9.17, 15) is 12.8 Å².